The monoisotopic (exact) mass is 647 g/mol. The molecule has 4 aliphatic rings. The molecule has 5 atom stereocenters. The van der Waals surface area contributed by atoms with E-state index in [0.29, 0.717) is 17.8 Å². The number of hydrogen-bond donors (Lipinski definition) is 4. The van der Waals surface area contributed by atoms with Gasteiger partial charge in [0.15, 0.2) is 0 Å². The molecule has 2 heterocycles. The Kier molecular flexibility index (Phi) is 11.8. The Morgan fingerprint density at radius 2 is 0.739 bits per heavy atom. The van der Waals surface area contributed by atoms with E-state index in [-0.39, 0.29) is 50.6 Å². The highest BCUT2D eigenvalue weighted by atomic mass is 16.3. The van der Waals surface area contributed by atoms with Gasteiger partial charge in [0.05, 0.1) is 12.2 Å². The third kappa shape index (κ3) is 10.7. The largest absolute Gasteiger partial charge is 0.393 e. The van der Waals surface area contributed by atoms with Crippen molar-refractivity contribution in [3.05, 3.63) is 0 Å². The molecule has 4 rings (SSSR count). The van der Waals surface area contributed by atoms with E-state index in [9.17, 15) is 10.2 Å². The first kappa shape index (κ1) is 40.3. The van der Waals surface area contributed by atoms with Gasteiger partial charge in [0.2, 0.25) is 0 Å². The summed E-state index contributed by atoms with van der Waals surface area (Å²) in [6.07, 6.45) is 10.6. The van der Waals surface area contributed by atoms with Gasteiger partial charge in [0.25, 0.3) is 0 Å². The Bertz CT molecular complexity index is 935. The van der Waals surface area contributed by atoms with Crippen LogP contribution in [0.15, 0.2) is 0 Å². The van der Waals surface area contributed by atoms with Crippen molar-refractivity contribution >= 4 is 0 Å². The van der Waals surface area contributed by atoms with Crippen LogP contribution in [0.2, 0.25) is 0 Å². The topological polar surface area (TPSA) is 64.5 Å². The van der Waals surface area contributed by atoms with Gasteiger partial charge in [0, 0.05) is 22.2 Å². The molecule has 0 radical (unpaired) electrons. The summed E-state index contributed by atoms with van der Waals surface area (Å²) < 4.78 is 0. The second kappa shape index (κ2) is 13.5. The molecule has 0 amide bonds. The number of nitrogens with one attached hydrogen (secondary N) is 2. The fraction of sp³-hybridized carbons (Fsp3) is 1.00. The first-order valence-corrected chi connectivity index (χ1v) is 19.4. The first-order chi connectivity index (χ1) is 20.4. The van der Waals surface area contributed by atoms with Gasteiger partial charge >= 0.3 is 0 Å². The second-order valence-electron chi connectivity index (χ2n) is 22.9. The van der Waals surface area contributed by atoms with Crippen LogP contribution in [-0.4, -0.2) is 44.6 Å². The summed E-state index contributed by atoms with van der Waals surface area (Å²) in [7, 11) is 0. The van der Waals surface area contributed by atoms with Crippen molar-refractivity contribution in [3.8, 4) is 0 Å². The van der Waals surface area contributed by atoms with Gasteiger partial charge < -0.3 is 20.8 Å². The highest BCUT2D eigenvalue weighted by Crippen LogP contribution is 2.53. The van der Waals surface area contributed by atoms with Gasteiger partial charge in [-0.1, -0.05) is 62.3 Å². The molecule has 2 saturated heterocycles. The van der Waals surface area contributed by atoms with E-state index in [0.717, 1.165) is 30.1 Å². The van der Waals surface area contributed by atoms with Crippen LogP contribution in [0.4, 0.5) is 0 Å². The molecule has 0 spiro atoms. The molecule has 272 valence electrons. The maximum atomic E-state index is 11.2. The minimum Gasteiger partial charge on any atom is -0.393 e. The number of aliphatic hydroxyl groups excluding tert-OH is 2. The molecule has 0 aromatic carbocycles. The Labute approximate surface area is 287 Å². The van der Waals surface area contributed by atoms with Gasteiger partial charge in [-0.15, -0.1) is 0 Å². The number of hydrogen-bond acceptors (Lipinski definition) is 4. The zero-order chi connectivity index (χ0) is 35.5. The van der Waals surface area contributed by atoms with Gasteiger partial charge in [-0.2, -0.15) is 0 Å². The molecule has 4 heteroatoms. The molecule has 46 heavy (non-hydrogen) atoms. The number of aliphatic hydroxyl groups is 2. The molecule has 0 bridgehead atoms. The molecule has 4 nitrogen and oxygen atoms in total. The SMILES string of the molecule is CC1(C)CC(C2CC(C(C)(C)C)C(O)C(C(C)(C)C)C2)CC(C)(C)N1.CC1(C)CC(C2CCC(O)C(C(C)(C)C)C2)CC(C)(C)N1. The van der Waals surface area contributed by atoms with E-state index in [1.165, 1.54) is 51.4 Å². The van der Waals surface area contributed by atoms with Crippen LogP contribution < -0.4 is 10.6 Å². The van der Waals surface area contributed by atoms with Gasteiger partial charge in [0.1, 0.15) is 0 Å². The zero-order valence-electron chi connectivity index (χ0n) is 34.0. The lowest BCUT2D eigenvalue weighted by molar-refractivity contribution is -0.0985. The van der Waals surface area contributed by atoms with Crippen molar-refractivity contribution in [1.29, 1.82) is 0 Å². The minimum atomic E-state index is -0.168. The van der Waals surface area contributed by atoms with Crippen molar-refractivity contribution in [2.24, 2.45) is 57.7 Å². The maximum absolute atomic E-state index is 11.2. The summed E-state index contributed by atoms with van der Waals surface area (Å²) >= 11 is 0. The van der Waals surface area contributed by atoms with Crippen LogP contribution in [0.5, 0.6) is 0 Å². The van der Waals surface area contributed by atoms with Crippen LogP contribution in [0, 0.1) is 57.7 Å². The van der Waals surface area contributed by atoms with E-state index in [2.05, 4.69) is 128 Å². The van der Waals surface area contributed by atoms with Crippen LogP contribution in [0.3, 0.4) is 0 Å². The van der Waals surface area contributed by atoms with Crippen molar-refractivity contribution < 1.29 is 10.2 Å². The zero-order valence-corrected chi connectivity index (χ0v) is 34.0. The first-order valence-electron chi connectivity index (χ1n) is 19.4. The predicted octanol–water partition coefficient (Wildman–Crippen LogP) is 10.0. The Balaban J connectivity index is 0.000000254. The van der Waals surface area contributed by atoms with Crippen molar-refractivity contribution in [3.63, 3.8) is 0 Å². The van der Waals surface area contributed by atoms with Crippen LogP contribution in [0.1, 0.15) is 175 Å². The third-order valence-corrected chi connectivity index (χ3v) is 12.9. The molecule has 2 saturated carbocycles. The molecule has 0 aromatic heterocycles. The third-order valence-electron chi connectivity index (χ3n) is 12.9. The van der Waals surface area contributed by atoms with Crippen molar-refractivity contribution in [2.75, 3.05) is 0 Å². The second-order valence-corrected chi connectivity index (χ2v) is 22.9. The summed E-state index contributed by atoms with van der Waals surface area (Å²) in [4.78, 5) is 0. The van der Waals surface area contributed by atoms with Crippen LogP contribution in [-0.2, 0) is 0 Å². The fourth-order valence-electron chi connectivity index (χ4n) is 11.4. The lowest BCUT2D eigenvalue weighted by Gasteiger charge is -2.54. The maximum Gasteiger partial charge on any atom is 0.0606 e. The summed E-state index contributed by atoms with van der Waals surface area (Å²) in [5.41, 5.74) is 1.43. The Morgan fingerprint density at radius 3 is 1.07 bits per heavy atom. The van der Waals surface area contributed by atoms with Gasteiger partial charge in [-0.3, -0.25) is 0 Å². The molecule has 5 unspecified atom stereocenters. The molecule has 2 aliphatic heterocycles. The molecular weight excluding hydrogens is 564 g/mol. The molecule has 4 fully saturated rings. The van der Waals surface area contributed by atoms with Crippen molar-refractivity contribution in [1.82, 2.24) is 10.6 Å². The van der Waals surface area contributed by atoms with Gasteiger partial charge in [-0.05, 0) is 171 Å². The number of piperidine rings is 2. The van der Waals surface area contributed by atoms with Crippen LogP contribution in [0.25, 0.3) is 0 Å². The van der Waals surface area contributed by atoms with Crippen LogP contribution >= 0.6 is 0 Å². The average molecular weight is 647 g/mol. The smallest absolute Gasteiger partial charge is 0.0606 e. The summed E-state index contributed by atoms with van der Waals surface area (Å²) in [5.74, 6) is 4.34. The van der Waals surface area contributed by atoms with E-state index >= 15 is 0 Å². The van der Waals surface area contributed by atoms with Gasteiger partial charge in [-0.25, -0.2) is 0 Å². The summed E-state index contributed by atoms with van der Waals surface area (Å²) in [6.45, 7) is 39.6. The Hall–Kier alpha value is -0.160. The van der Waals surface area contributed by atoms with E-state index in [1.807, 2.05) is 0 Å². The quantitative estimate of drug-likeness (QED) is 0.241. The number of rotatable bonds is 2. The van der Waals surface area contributed by atoms with E-state index < -0.39 is 0 Å². The fourth-order valence-corrected chi connectivity index (χ4v) is 11.4. The molecular formula is C42H82N2O2. The summed E-state index contributed by atoms with van der Waals surface area (Å²) in [5, 5.41) is 29.3. The molecule has 2 aliphatic carbocycles. The lowest BCUT2D eigenvalue weighted by Crippen LogP contribution is -2.59. The van der Waals surface area contributed by atoms with Crippen molar-refractivity contribution in [2.45, 2.75) is 210 Å². The van der Waals surface area contributed by atoms with E-state index in [1.54, 1.807) is 0 Å². The predicted molar refractivity (Wildman–Crippen MR) is 199 cm³/mol. The average Bonchev–Trinajstić information content (AvgIpc) is 2.78. The highest BCUT2D eigenvalue weighted by Gasteiger charge is 2.50. The molecule has 0 aromatic rings. The highest BCUT2D eigenvalue weighted by molar-refractivity contribution is 5.03. The Morgan fingerprint density at radius 1 is 0.435 bits per heavy atom. The molecule has 4 N–H and O–H groups in total. The lowest BCUT2D eigenvalue weighted by atomic mass is 9.55. The standard InChI is InChI=1S/C23H45NO.C19H37NO/c1-20(2,3)17-11-15(12-18(19(17)25)21(4,5)6)16-13-22(7,8)24-23(9,10)14-16;1-17(2,3)15-10-13(8-9-16(15)21)14-11-18(4,5)20-19(6,7)12-14/h15-19,24-25H,11-14H2,1-10H3;13-16,20-21H,8-12H2,1-7H3. The normalized spacial score (nSPS) is 37.2. The summed E-state index contributed by atoms with van der Waals surface area (Å²) in [6, 6.07) is 0. The van der Waals surface area contributed by atoms with E-state index in [4.69, 9.17) is 0 Å². The minimum absolute atomic E-state index is 0.0935.